The number of benzene rings is 2. The second-order valence-corrected chi connectivity index (χ2v) is 9.56. The number of hydrogen-bond donors (Lipinski definition) is 0. The molecule has 0 bridgehead atoms. The lowest BCUT2D eigenvalue weighted by Gasteiger charge is -2.33. The van der Waals surface area contributed by atoms with Gasteiger partial charge >= 0.3 is 0 Å². The molecular weight excluding hydrogens is 462 g/mol. The molecule has 0 N–H and O–H groups in total. The summed E-state index contributed by atoms with van der Waals surface area (Å²) in [5.41, 5.74) is 2.92. The quantitative estimate of drug-likeness (QED) is 0.435. The van der Waals surface area contributed by atoms with Crippen LogP contribution in [-0.4, -0.2) is 73.6 Å². The van der Waals surface area contributed by atoms with Gasteiger partial charge in [-0.05, 0) is 41.0 Å². The number of methoxy groups -OCH3 is 3. The molecular formula is C26H33N5O5. The summed E-state index contributed by atoms with van der Waals surface area (Å²) >= 11 is 0. The van der Waals surface area contributed by atoms with Crippen LogP contribution < -0.4 is 19.1 Å². The first kappa shape index (κ1) is 25.4. The van der Waals surface area contributed by atoms with Crippen molar-refractivity contribution in [1.29, 1.82) is 0 Å². The zero-order valence-corrected chi connectivity index (χ0v) is 21.7. The molecule has 36 heavy (non-hydrogen) atoms. The van der Waals surface area contributed by atoms with Crippen LogP contribution in [-0.2, 0) is 16.7 Å². The van der Waals surface area contributed by atoms with Crippen molar-refractivity contribution < 1.29 is 23.7 Å². The predicted molar refractivity (Wildman–Crippen MR) is 135 cm³/mol. The average Bonchev–Trinajstić information content (AvgIpc) is 3.35. The third-order valence-electron chi connectivity index (χ3n) is 6.13. The summed E-state index contributed by atoms with van der Waals surface area (Å²) in [7, 11) is 4.81. The number of ether oxygens (including phenoxy) is 4. The van der Waals surface area contributed by atoms with Crippen LogP contribution in [0.4, 0.5) is 5.69 Å². The van der Waals surface area contributed by atoms with Crippen LogP contribution in [0.25, 0.3) is 11.4 Å². The Morgan fingerprint density at radius 1 is 1.00 bits per heavy atom. The van der Waals surface area contributed by atoms with Gasteiger partial charge in [-0.3, -0.25) is 4.79 Å². The summed E-state index contributed by atoms with van der Waals surface area (Å²) in [5.74, 6) is 2.23. The van der Waals surface area contributed by atoms with Gasteiger partial charge < -0.3 is 23.8 Å². The van der Waals surface area contributed by atoms with E-state index in [0.717, 1.165) is 30.1 Å². The fraction of sp³-hybridized carbons (Fsp3) is 0.462. The van der Waals surface area contributed by atoms with Crippen LogP contribution in [0.5, 0.6) is 17.2 Å². The zero-order chi connectivity index (χ0) is 25.9. The zero-order valence-electron chi connectivity index (χ0n) is 21.7. The maximum Gasteiger partial charge on any atom is 0.205 e. The number of anilines is 1. The number of tetrazole rings is 1. The molecule has 2 aromatic carbocycles. The van der Waals surface area contributed by atoms with Crippen molar-refractivity contribution in [2.24, 2.45) is 0 Å². The maximum atomic E-state index is 13.4. The van der Waals surface area contributed by atoms with E-state index in [1.807, 2.05) is 18.2 Å². The van der Waals surface area contributed by atoms with Gasteiger partial charge in [-0.2, -0.15) is 4.80 Å². The number of ketones is 1. The molecule has 0 amide bonds. The largest absolute Gasteiger partial charge is 0.494 e. The van der Waals surface area contributed by atoms with E-state index in [0.29, 0.717) is 41.7 Å². The molecule has 1 saturated heterocycles. The van der Waals surface area contributed by atoms with Gasteiger partial charge in [0.05, 0.1) is 40.2 Å². The van der Waals surface area contributed by atoms with E-state index in [-0.39, 0.29) is 17.7 Å². The van der Waals surface area contributed by atoms with Crippen LogP contribution in [0.15, 0.2) is 30.3 Å². The van der Waals surface area contributed by atoms with Gasteiger partial charge in [-0.1, -0.05) is 20.8 Å². The second-order valence-electron chi connectivity index (χ2n) is 9.56. The number of Topliss-reactive ketones (excluding diaryl/α,β-unsaturated/α-hetero) is 1. The van der Waals surface area contributed by atoms with E-state index in [1.54, 1.807) is 33.5 Å². The van der Waals surface area contributed by atoms with Crippen molar-refractivity contribution in [2.45, 2.75) is 32.7 Å². The van der Waals surface area contributed by atoms with Gasteiger partial charge in [0.1, 0.15) is 12.3 Å². The highest BCUT2D eigenvalue weighted by molar-refractivity contribution is 5.97. The molecule has 1 aromatic heterocycles. The Kier molecular flexibility index (Phi) is 7.44. The minimum Gasteiger partial charge on any atom is -0.494 e. The molecule has 0 atom stereocenters. The highest BCUT2D eigenvalue weighted by atomic mass is 16.5. The van der Waals surface area contributed by atoms with Crippen LogP contribution in [0.1, 0.15) is 36.7 Å². The number of carbonyl (C=O) groups excluding carboxylic acids is 1. The minimum absolute atomic E-state index is 0.0429. The summed E-state index contributed by atoms with van der Waals surface area (Å²) in [6, 6.07) is 9.18. The van der Waals surface area contributed by atoms with Crippen molar-refractivity contribution in [3.05, 3.63) is 41.5 Å². The normalized spacial score (nSPS) is 14.0. The molecule has 192 valence electrons. The molecule has 10 heteroatoms. The van der Waals surface area contributed by atoms with Crippen LogP contribution >= 0.6 is 0 Å². The standard InChI is InChI=1S/C26H33N5O5/c1-26(2,3)19-13-18(14-20(24(19)35-6)30-9-11-36-12-10-30)21(32)16-31-28-25(27-29-31)17-7-8-22(33-4)23(15-17)34-5/h7-8,13-15H,9-12,16H2,1-6H3. The summed E-state index contributed by atoms with van der Waals surface area (Å²) in [6.07, 6.45) is 0. The van der Waals surface area contributed by atoms with Gasteiger partial charge in [0.2, 0.25) is 5.82 Å². The molecule has 10 nitrogen and oxygen atoms in total. The first-order chi connectivity index (χ1) is 17.2. The first-order valence-electron chi connectivity index (χ1n) is 11.8. The number of nitrogens with zero attached hydrogens (tertiary/aromatic N) is 5. The van der Waals surface area contributed by atoms with E-state index in [2.05, 4.69) is 41.1 Å². The van der Waals surface area contributed by atoms with Crippen LogP contribution in [0.2, 0.25) is 0 Å². The molecule has 0 radical (unpaired) electrons. The van der Waals surface area contributed by atoms with Crippen molar-refractivity contribution in [2.75, 3.05) is 52.5 Å². The number of rotatable bonds is 8. The third kappa shape index (κ3) is 5.28. The smallest absolute Gasteiger partial charge is 0.205 e. The molecule has 0 aliphatic carbocycles. The fourth-order valence-corrected chi connectivity index (χ4v) is 4.21. The Morgan fingerprint density at radius 2 is 1.72 bits per heavy atom. The highest BCUT2D eigenvalue weighted by Crippen LogP contribution is 2.40. The molecule has 4 rings (SSSR count). The van der Waals surface area contributed by atoms with E-state index in [4.69, 9.17) is 18.9 Å². The number of aromatic nitrogens is 4. The van der Waals surface area contributed by atoms with E-state index >= 15 is 0 Å². The summed E-state index contributed by atoms with van der Waals surface area (Å²) < 4.78 is 22.0. The third-order valence-corrected chi connectivity index (χ3v) is 6.13. The van der Waals surface area contributed by atoms with Crippen molar-refractivity contribution in [1.82, 2.24) is 20.2 Å². The number of hydrogen-bond acceptors (Lipinski definition) is 9. The van der Waals surface area contributed by atoms with E-state index < -0.39 is 0 Å². The van der Waals surface area contributed by atoms with Crippen LogP contribution in [0, 0.1) is 0 Å². The lowest BCUT2D eigenvalue weighted by Crippen LogP contribution is -2.37. The SMILES string of the molecule is COc1ccc(-c2nnn(CC(=O)c3cc(N4CCOCC4)c(OC)c(C(C)(C)C)c3)n2)cc1OC. The molecule has 0 spiro atoms. The predicted octanol–water partition coefficient (Wildman–Crippen LogP) is 3.38. The average molecular weight is 496 g/mol. The Bertz CT molecular complexity index is 1230. The van der Waals surface area contributed by atoms with Gasteiger partial charge in [0, 0.05) is 29.8 Å². The lowest BCUT2D eigenvalue weighted by atomic mass is 9.84. The summed E-state index contributed by atoms with van der Waals surface area (Å²) in [4.78, 5) is 16.9. The van der Waals surface area contributed by atoms with E-state index in [9.17, 15) is 4.79 Å². The Labute approximate surface area is 211 Å². The van der Waals surface area contributed by atoms with Crippen molar-refractivity contribution in [3.63, 3.8) is 0 Å². The molecule has 1 aliphatic rings. The topological polar surface area (TPSA) is 101 Å². The van der Waals surface area contributed by atoms with Crippen LogP contribution in [0.3, 0.4) is 0 Å². The van der Waals surface area contributed by atoms with E-state index in [1.165, 1.54) is 4.80 Å². The van der Waals surface area contributed by atoms with Crippen molar-refractivity contribution in [3.8, 4) is 28.6 Å². The number of morpholine rings is 1. The Morgan fingerprint density at radius 3 is 2.36 bits per heavy atom. The Hall–Kier alpha value is -3.66. The maximum absolute atomic E-state index is 13.4. The molecule has 0 unspecified atom stereocenters. The highest BCUT2D eigenvalue weighted by Gasteiger charge is 2.27. The van der Waals surface area contributed by atoms with Gasteiger partial charge in [0.25, 0.3) is 0 Å². The number of carbonyl (C=O) groups is 1. The molecule has 2 heterocycles. The lowest BCUT2D eigenvalue weighted by molar-refractivity contribution is 0.0961. The monoisotopic (exact) mass is 495 g/mol. The second kappa shape index (κ2) is 10.5. The molecule has 1 aliphatic heterocycles. The van der Waals surface area contributed by atoms with Gasteiger partial charge in [0.15, 0.2) is 17.3 Å². The minimum atomic E-state index is -0.227. The van der Waals surface area contributed by atoms with Gasteiger partial charge in [-0.15, -0.1) is 10.2 Å². The van der Waals surface area contributed by atoms with Gasteiger partial charge in [-0.25, -0.2) is 0 Å². The fourth-order valence-electron chi connectivity index (χ4n) is 4.21. The Balaban J connectivity index is 1.63. The molecule has 0 saturated carbocycles. The summed E-state index contributed by atoms with van der Waals surface area (Å²) in [6.45, 7) is 9.01. The summed E-state index contributed by atoms with van der Waals surface area (Å²) in [5, 5.41) is 12.7. The molecule has 3 aromatic rings. The first-order valence-corrected chi connectivity index (χ1v) is 11.8. The molecule has 1 fully saturated rings. The van der Waals surface area contributed by atoms with Crippen molar-refractivity contribution >= 4 is 11.5 Å².